The Hall–Kier alpha value is -1.63. The van der Waals surface area contributed by atoms with Gasteiger partial charge in [0.05, 0.1) is 0 Å². The Morgan fingerprint density at radius 2 is 1.76 bits per heavy atom. The molecular weight excluding hydrogens is 254 g/mol. The molecule has 0 aliphatic heterocycles. The monoisotopic (exact) mass is 284 g/mol. The maximum Gasteiger partial charge on any atom is 0.160 e. The highest BCUT2D eigenvalue weighted by Gasteiger charge is 2.26. The van der Waals surface area contributed by atoms with E-state index in [2.05, 4.69) is 58.1 Å². The maximum atomic E-state index is 5.36. The third kappa shape index (κ3) is 5.71. The first kappa shape index (κ1) is 17.4. The summed E-state index contributed by atoms with van der Waals surface area (Å²) < 4.78 is 0. The molecule has 0 spiro atoms. The van der Waals surface area contributed by atoms with Gasteiger partial charge in [-0.2, -0.15) is 0 Å². The van der Waals surface area contributed by atoms with E-state index >= 15 is 0 Å². The van der Waals surface area contributed by atoms with Crippen LogP contribution < -0.4 is 5.41 Å². The van der Waals surface area contributed by atoms with Gasteiger partial charge in [0.25, 0.3) is 0 Å². The molecule has 0 amide bonds. The van der Waals surface area contributed by atoms with Gasteiger partial charge in [-0.1, -0.05) is 55.4 Å². The van der Waals surface area contributed by atoms with E-state index in [0.717, 1.165) is 5.57 Å². The van der Waals surface area contributed by atoms with Gasteiger partial charge in [0.15, 0.2) is 6.21 Å². The van der Waals surface area contributed by atoms with E-state index in [1.54, 1.807) is 11.8 Å². The van der Waals surface area contributed by atoms with E-state index in [-0.39, 0.29) is 0 Å². The third-order valence-electron chi connectivity index (χ3n) is 4.13. The molecule has 0 saturated carbocycles. The summed E-state index contributed by atoms with van der Waals surface area (Å²) in [5, 5.41) is 5.36. The lowest BCUT2D eigenvalue weighted by Crippen LogP contribution is -2.28. The van der Waals surface area contributed by atoms with Crippen LogP contribution in [0.15, 0.2) is 58.7 Å². The molecule has 0 aromatic heterocycles. The van der Waals surface area contributed by atoms with E-state index in [0.29, 0.717) is 5.41 Å². The van der Waals surface area contributed by atoms with Crippen molar-refractivity contribution < 1.29 is 5.41 Å². The molecule has 0 aromatic carbocycles. The Bertz CT molecular complexity index is 522. The van der Waals surface area contributed by atoms with Crippen LogP contribution in [0.3, 0.4) is 0 Å². The van der Waals surface area contributed by atoms with Crippen molar-refractivity contribution in [2.45, 2.75) is 53.9 Å². The van der Waals surface area contributed by atoms with Crippen molar-refractivity contribution in [2.24, 2.45) is 5.41 Å². The van der Waals surface area contributed by atoms with Crippen LogP contribution in [0.5, 0.6) is 0 Å². The number of allylic oxidation sites excluding steroid dienone is 10. The molecule has 1 heteroatoms. The van der Waals surface area contributed by atoms with Crippen molar-refractivity contribution in [3.63, 3.8) is 0 Å². The minimum atomic E-state index is 0.311. The number of hydrogen-bond donors (Lipinski definition) is 1. The van der Waals surface area contributed by atoms with E-state index in [4.69, 9.17) is 5.41 Å². The van der Waals surface area contributed by atoms with Crippen LogP contribution in [0, 0.1) is 5.41 Å². The third-order valence-corrected chi connectivity index (χ3v) is 4.13. The molecule has 21 heavy (non-hydrogen) atoms. The fourth-order valence-corrected chi connectivity index (χ4v) is 2.84. The molecule has 0 unspecified atom stereocenters. The summed E-state index contributed by atoms with van der Waals surface area (Å²) in [5.41, 5.74) is 5.78. The molecule has 0 fully saturated rings. The van der Waals surface area contributed by atoms with Gasteiger partial charge in [0.2, 0.25) is 0 Å². The molecule has 114 valence electrons. The number of nitrogens with two attached hydrogens (primary N) is 1. The molecular formula is C20H30N+. The molecule has 1 aliphatic rings. The minimum Gasteiger partial charge on any atom is -0.260 e. The van der Waals surface area contributed by atoms with Crippen molar-refractivity contribution >= 4 is 6.21 Å². The number of rotatable bonds is 5. The summed E-state index contributed by atoms with van der Waals surface area (Å²) >= 11 is 0. The largest absolute Gasteiger partial charge is 0.260 e. The highest BCUT2D eigenvalue weighted by atomic mass is 14.3. The van der Waals surface area contributed by atoms with Gasteiger partial charge in [-0.25, -0.2) is 0 Å². The van der Waals surface area contributed by atoms with Crippen molar-refractivity contribution in [3.05, 3.63) is 58.7 Å². The zero-order valence-electron chi connectivity index (χ0n) is 14.2. The summed E-state index contributed by atoms with van der Waals surface area (Å²) in [4.78, 5) is 0. The minimum absolute atomic E-state index is 0.311. The van der Waals surface area contributed by atoms with E-state index < -0.39 is 0 Å². The number of hydrogen-bond acceptors (Lipinski definition) is 0. The van der Waals surface area contributed by atoms with Gasteiger partial charge in [0, 0.05) is 6.08 Å². The van der Waals surface area contributed by atoms with Gasteiger partial charge in [-0.3, -0.25) is 5.41 Å². The molecule has 1 rings (SSSR count). The Kier molecular flexibility index (Phi) is 6.61. The summed E-state index contributed by atoms with van der Waals surface area (Å²) in [6.45, 7) is 11.2. The van der Waals surface area contributed by atoms with Crippen LogP contribution in [-0.2, 0) is 0 Å². The predicted molar refractivity (Wildman–Crippen MR) is 94.1 cm³/mol. The second-order valence-corrected chi connectivity index (χ2v) is 6.64. The van der Waals surface area contributed by atoms with E-state index in [1.165, 1.54) is 30.4 Å². The Morgan fingerprint density at radius 3 is 2.38 bits per heavy atom. The highest BCUT2D eigenvalue weighted by Crippen LogP contribution is 2.40. The van der Waals surface area contributed by atoms with Gasteiger partial charge in [-0.05, 0) is 56.6 Å². The smallest absolute Gasteiger partial charge is 0.160 e. The van der Waals surface area contributed by atoms with E-state index in [9.17, 15) is 0 Å². The molecule has 0 aromatic rings. The fourth-order valence-electron chi connectivity index (χ4n) is 2.84. The molecule has 0 atom stereocenters. The SMILES string of the molecule is CC1=C(/C=C/C(C)=C/C=C/C(C)=C\C=[NH2+])C(C)(C)CCC1. The molecule has 0 radical (unpaired) electrons. The van der Waals surface area contributed by atoms with Gasteiger partial charge >= 0.3 is 0 Å². The summed E-state index contributed by atoms with van der Waals surface area (Å²) in [6, 6.07) is 0. The molecule has 1 nitrogen and oxygen atoms in total. The first-order valence-corrected chi connectivity index (χ1v) is 7.82. The first-order chi connectivity index (χ1) is 9.86. The van der Waals surface area contributed by atoms with Crippen LogP contribution in [0.25, 0.3) is 0 Å². The lowest BCUT2D eigenvalue weighted by atomic mass is 9.72. The van der Waals surface area contributed by atoms with Gasteiger partial charge in [0.1, 0.15) is 0 Å². The van der Waals surface area contributed by atoms with E-state index in [1.807, 2.05) is 13.0 Å². The van der Waals surface area contributed by atoms with Gasteiger partial charge in [-0.15, -0.1) is 0 Å². The lowest BCUT2D eigenvalue weighted by molar-refractivity contribution is -0.104. The van der Waals surface area contributed by atoms with Crippen molar-refractivity contribution in [1.29, 1.82) is 0 Å². The molecule has 0 heterocycles. The summed E-state index contributed by atoms with van der Waals surface area (Å²) in [7, 11) is 0. The second kappa shape index (κ2) is 7.97. The second-order valence-electron chi connectivity index (χ2n) is 6.64. The molecule has 2 N–H and O–H groups in total. The van der Waals surface area contributed by atoms with Crippen molar-refractivity contribution in [2.75, 3.05) is 0 Å². The average molecular weight is 284 g/mol. The lowest BCUT2D eigenvalue weighted by Gasteiger charge is -2.32. The van der Waals surface area contributed by atoms with Crippen LogP contribution in [0.4, 0.5) is 0 Å². The Labute approximate surface area is 130 Å². The van der Waals surface area contributed by atoms with Crippen LogP contribution in [0.1, 0.15) is 53.9 Å². The maximum absolute atomic E-state index is 5.36. The quantitative estimate of drug-likeness (QED) is 0.574. The van der Waals surface area contributed by atoms with Crippen LogP contribution >= 0.6 is 0 Å². The van der Waals surface area contributed by atoms with Crippen LogP contribution in [-0.4, -0.2) is 6.21 Å². The molecule has 0 saturated heterocycles. The summed E-state index contributed by atoms with van der Waals surface area (Å²) in [6.07, 6.45) is 18.1. The predicted octanol–water partition coefficient (Wildman–Crippen LogP) is 4.35. The first-order valence-electron chi connectivity index (χ1n) is 7.82. The highest BCUT2D eigenvalue weighted by molar-refractivity contribution is 5.66. The Morgan fingerprint density at radius 1 is 1.10 bits per heavy atom. The Balaban J connectivity index is 2.80. The normalized spacial score (nSPS) is 20.6. The topological polar surface area (TPSA) is 25.6 Å². The van der Waals surface area contributed by atoms with Crippen LogP contribution in [0.2, 0.25) is 0 Å². The zero-order chi connectivity index (χ0) is 15.9. The standard InChI is InChI=1S/C20H29N/c1-16(8-6-9-17(2)13-15-21)11-12-19-18(3)10-7-14-20(19,4)5/h6,8-9,11-13,15,21H,7,10,14H2,1-5H3/p+1/b9-6+,12-11+,16-8+,17-13-,21-15?. The average Bonchev–Trinajstić information content (AvgIpc) is 2.37. The molecule has 1 aliphatic carbocycles. The zero-order valence-corrected chi connectivity index (χ0v) is 14.2. The van der Waals surface area contributed by atoms with Gasteiger partial charge < -0.3 is 0 Å². The van der Waals surface area contributed by atoms with Crippen molar-refractivity contribution in [3.8, 4) is 0 Å². The fraction of sp³-hybridized carbons (Fsp3) is 0.450. The van der Waals surface area contributed by atoms with Crippen molar-refractivity contribution in [1.82, 2.24) is 0 Å². The summed E-state index contributed by atoms with van der Waals surface area (Å²) in [5.74, 6) is 0. The molecule has 0 bridgehead atoms.